The molecule has 0 aliphatic rings. The fraction of sp³-hybridized carbons (Fsp3) is 0.625. The highest BCUT2D eigenvalue weighted by molar-refractivity contribution is 6.29. The Hall–Kier alpha value is -1.13. The van der Waals surface area contributed by atoms with Gasteiger partial charge in [-0.1, -0.05) is 45.7 Å². The van der Waals surface area contributed by atoms with Crippen molar-refractivity contribution < 1.29 is 9.90 Å². The van der Waals surface area contributed by atoms with Crippen molar-refractivity contribution in [2.75, 3.05) is 19.7 Å². The summed E-state index contributed by atoms with van der Waals surface area (Å²) in [5.41, 5.74) is 1.15. The van der Waals surface area contributed by atoms with Crippen molar-refractivity contribution in [2.45, 2.75) is 46.0 Å². The van der Waals surface area contributed by atoms with Crippen LogP contribution in [0, 0.1) is 0 Å². The molecule has 0 spiro atoms. The van der Waals surface area contributed by atoms with Gasteiger partial charge in [0.25, 0.3) is 5.91 Å². The maximum absolute atomic E-state index is 12.6. The molecule has 118 valence electrons. The minimum absolute atomic E-state index is 0.0413. The van der Waals surface area contributed by atoms with Gasteiger partial charge in [-0.3, -0.25) is 4.79 Å². The zero-order valence-corrected chi connectivity index (χ0v) is 14.1. The van der Waals surface area contributed by atoms with E-state index >= 15 is 0 Å². The molecular weight excluding hydrogens is 288 g/mol. The quantitative estimate of drug-likeness (QED) is 0.820. The van der Waals surface area contributed by atoms with Gasteiger partial charge in [-0.05, 0) is 18.6 Å². The van der Waals surface area contributed by atoms with Crippen LogP contribution in [0.25, 0.3) is 0 Å². The first-order valence-electron chi connectivity index (χ1n) is 7.37. The number of pyridine rings is 1. The van der Waals surface area contributed by atoms with Gasteiger partial charge in [0.1, 0.15) is 5.15 Å². The van der Waals surface area contributed by atoms with E-state index in [1.54, 1.807) is 17.0 Å². The molecule has 1 heterocycles. The summed E-state index contributed by atoms with van der Waals surface area (Å²) in [4.78, 5) is 18.6. The number of hydrogen-bond donors (Lipinski definition) is 1. The molecular formula is C16H25ClN2O2. The van der Waals surface area contributed by atoms with E-state index in [2.05, 4.69) is 11.9 Å². The second-order valence-electron chi connectivity index (χ2n) is 6.18. The van der Waals surface area contributed by atoms with Crippen LogP contribution in [0.5, 0.6) is 0 Å². The topological polar surface area (TPSA) is 53.4 Å². The van der Waals surface area contributed by atoms with Gasteiger partial charge in [0.2, 0.25) is 0 Å². The van der Waals surface area contributed by atoms with E-state index < -0.39 is 0 Å². The number of carbonyl (C=O) groups excluding carboxylic acids is 1. The van der Waals surface area contributed by atoms with E-state index in [-0.39, 0.29) is 17.9 Å². The second kappa shape index (κ2) is 7.76. The van der Waals surface area contributed by atoms with Crippen LogP contribution in [0.3, 0.4) is 0 Å². The van der Waals surface area contributed by atoms with Gasteiger partial charge < -0.3 is 10.0 Å². The Kier molecular flexibility index (Phi) is 6.62. The molecule has 0 bridgehead atoms. The molecule has 0 aromatic carbocycles. The number of halogens is 1. The van der Waals surface area contributed by atoms with E-state index in [4.69, 9.17) is 16.7 Å². The summed E-state index contributed by atoms with van der Waals surface area (Å²) in [6, 6.07) is 3.39. The number of nitrogens with zero attached hydrogens (tertiary/aromatic N) is 2. The predicted molar refractivity (Wildman–Crippen MR) is 85.8 cm³/mol. The fourth-order valence-electron chi connectivity index (χ4n) is 1.97. The highest BCUT2D eigenvalue weighted by Gasteiger charge is 2.21. The van der Waals surface area contributed by atoms with Crippen molar-refractivity contribution in [3.8, 4) is 0 Å². The summed E-state index contributed by atoms with van der Waals surface area (Å²) in [5, 5.41) is 9.46. The van der Waals surface area contributed by atoms with Crippen molar-refractivity contribution in [3.63, 3.8) is 0 Å². The highest BCUT2D eigenvalue weighted by Crippen LogP contribution is 2.24. The molecule has 0 aliphatic heterocycles. The molecule has 0 atom stereocenters. The molecule has 1 rings (SSSR count). The number of hydrogen-bond acceptors (Lipinski definition) is 3. The maximum atomic E-state index is 12.6. The number of rotatable bonds is 6. The third-order valence-electron chi connectivity index (χ3n) is 3.25. The first-order valence-corrected chi connectivity index (χ1v) is 7.75. The van der Waals surface area contributed by atoms with Crippen molar-refractivity contribution in [1.29, 1.82) is 0 Å². The van der Waals surface area contributed by atoms with Crippen LogP contribution in [-0.2, 0) is 5.41 Å². The molecule has 0 radical (unpaired) electrons. The predicted octanol–water partition coefficient (Wildman–Crippen LogP) is 3.27. The normalized spacial score (nSPS) is 11.5. The Labute approximate surface area is 132 Å². The third kappa shape index (κ3) is 5.29. The van der Waals surface area contributed by atoms with Crippen LogP contribution in [-0.4, -0.2) is 40.6 Å². The van der Waals surface area contributed by atoms with Gasteiger partial charge in [0, 0.05) is 29.8 Å². The van der Waals surface area contributed by atoms with Crippen LogP contribution >= 0.6 is 11.6 Å². The van der Waals surface area contributed by atoms with Crippen LogP contribution in [0.2, 0.25) is 5.15 Å². The Morgan fingerprint density at radius 1 is 1.33 bits per heavy atom. The van der Waals surface area contributed by atoms with Gasteiger partial charge in [-0.25, -0.2) is 4.98 Å². The van der Waals surface area contributed by atoms with Crippen LogP contribution in [0.4, 0.5) is 0 Å². The zero-order chi connectivity index (χ0) is 16.0. The zero-order valence-electron chi connectivity index (χ0n) is 13.3. The van der Waals surface area contributed by atoms with E-state index in [0.717, 1.165) is 18.5 Å². The molecule has 0 aliphatic carbocycles. The van der Waals surface area contributed by atoms with Crippen molar-refractivity contribution in [2.24, 2.45) is 0 Å². The summed E-state index contributed by atoms with van der Waals surface area (Å²) in [7, 11) is 0. The molecule has 1 N–H and O–H groups in total. The first-order chi connectivity index (χ1) is 9.79. The molecule has 0 fully saturated rings. The standard InChI is InChI=1S/C16H25ClN2O2/c1-5-6-7-19(8-9-20)15(21)12-10-13(16(2,3)4)18-14(17)11-12/h10-11,20H,5-9H2,1-4H3. The Morgan fingerprint density at radius 3 is 2.52 bits per heavy atom. The van der Waals surface area contributed by atoms with E-state index in [9.17, 15) is 4.79 Å². The monoisotopic (exact) mass is 312 g/mol. The lowest BCUT2D eigenvalue weighted by molar-refractivity contribution is 0.0719. The number of carbonyl (C=O) groups is 1. The molecule has 21 heavy (non-hydrogen) atoms. The minimum atomic E-state index is -0.175. The summed E-state index contributed by atoms with van der Waals surface area (Å²) in [5.74, 6) is -0.104. The van der Waals surface area contributed by atoms with Crippen LogP contribution in [0.1, 0.15) is 56.6 Å². The lowest BCUT2D eigenvalue weighted by atomic mass is 9.90. The number of amides is 1. The van der Waals surface area contributed by atoms with Gasteiger partial charge in [0.15, 0.2) is 0 Å². The molecule has 5 heteroatoms. The van der Waals surface area contributed by atoms with Crippen molar-refractivity contribution >= 4 is 17.5 Å². The van der Waals surface area contributed by atoms with Crippen molar-refractivity contribution in [1.82, 2.24) is 9.88 Å². The third-order valence-corrected chi connectivity index (χ3v) is 3.44. The first kappa shape index (κ1) is 17.9. The number of aromatic nitrogens is 1. The second-order valence-corrected chi connectivity index (χ2v) is 6.57. The van der Waals surface area contributed by atoms with Crippen molar-refractivity contribution in [3.05, 3.63) is 28.5 Å². The van der Waals surface area contributed by atoms with E-state index in [1.807, 2.05) is 20.8 Å². The lowest BCUT2D eigenvalue weighted by Gasteiger charge is -2.23. The van der Waals surface area contributed by atoms with E-state index in [1.165, 1.54) is 0 Å². The number of aliphatic hydroxyl groups is 1. The number of unbranched alkanes of at least 4 members (excludes halogenated alkanes) is 1. The molecule has 1 aromatic heterocycles. The SMILES string of the molecule is CCCCN(CCO)C(=O)c1cc(Cl)nc(C(C)(C)C)c1. The minimum Gasteiger partial charge on any atom is -0.395 e. The largest absolute Gasteiger partial charge is 0.395 e. The van der Waals surface area contributed by atoms with Crippen LogP contribution < -0.4 is 0 Å². The average Bonchev–Trinajstić information content (AvgIpc) is 2.41. The summed E-state index contributed by atoms with van der Waals surface area (Å²) in [6.45, 7) is 9.10. The van der Waals surface area contributed by atoms with Gasteiger partial charge in [-0.2, -0.15) is 0 Å². The molecule has 0 saturated heterocycles. The summed E-state index contributed by atoms with van der Waals surface area (Å²) in [6.07, 6.45) is 1.91. The molecule has 1 aromatic rings. The average molecular weight is 313 g/mol. The molecule has 4 nitrogen and oxygen atoms in total. The Balaban J connectivity index is 3.06. The Morgan fingerprint density at radius 2 is 2.00 bits per heavy atom. The van der Waals surface area contributed by atoms with Gasteiger partial charge in [0.05, 0.1) is 6.61 Å². The van der Waals surface area contributed by atoms with Gasteiger partial charge >= 0.3 is 0 Å². The number of aliphatic hydroxyl groups excluding tert-OH is 1. The van der Waals surface area contributed by atoms with E-state index in [0.29, 0.717) is 23.8 Å². The molecule has 0 unspecified atom stereocenters. The summed E-state index contributed by atoms with van der Waals surface area (Å²) < 4.78 is 0. The summed E-state index contributed by atoms with van der Waals surface area (Å²) >= 11 is 6.05. The molecule has 0 saturated carbocycles. The maximum Gasteiger partial charge on any atom is 0.254 e. The Bertz CT molecular complexity index is 484. The van der Waals surface area contributed by atoms with Gasteiger partial charge in [-0.15, -0.1) is 0 Å². The van der Waals surface area contributed by atoms with Crippen LogP contribution in [0.15, 0.2) is 12.1 Å². The smallest absolute Gasteiger partial charge is 0.254 e. The molecule has 1 amide bonds. The lowest BCUT2D eigenvalue weighted by Crippen LogP contribution is -2.34. The highest BCUT2D eigenvalue weighted by atomic mass is 35.5. The fourth-order valence-corrected chi connectivity index (χ4v) is 2.18.